The number of piperidine rings is 1. The second kappa shape index (κ2) is 8.18. The molecule has 1 aromatic carbocycles. The Kier molecular flexibility index (Phi) is 6.89. The van der Waals surface area contributed by atoms with Gasteiger partial charge in [0.1, 0.15) is 0 Å². The topological polar surface area (TPSA) is 41.1 Å². The molecule has 106 valence electrons. The average Bonchev–Trinajstić information content (AvgIpc) is 2.46. The first-order valence-corrected chi connectivity index (χ1v) is 6.87. The number of halogens is 1. The Morgan fingerprint density at radius 1 is 1.32 bits per heavy atom. The van der Waals surface area contributed by atoms with E-state index in [0.29, 0.717) is 0 Å². The quantitative estimate of drug-likeness (QED) is 0.891. The summed E-state index contributed by atoms with van der Waals surface area (Å²) in [7, 11) is 0. The molecule has 1 aliphatic heterocycles. The van der Waals surface area contributed by atoms with Crippen molar-refractivity contribution < 1.29 is 4.79 Å². The lowest BCUT2D eigenvalue weighted by molar-refractivity contribution is -0.126. The molecule has 1 amide bonds. The van der Waals surface area contributed by atoms with Crippen LogP contribution >= 0.6 is 12.4 Å². The van der Waals surface area contributed by atoms with E-state index in [-0.39, 0.29) is 30.3 Å². The molecule has 3 nitrogen and oxygen atoms in total. The van der Waals surface area contributed by atoms with Crippen LogP contribution in [0.2, 0.25) is 0 Å². The van der Waals surface area contributed by atoms with Crippen molar-refractivity contribution in [3.8, 4) is 0 Å². The Bertz CT molecular complexity index is 377. The Morgan fingerprint density at radius 3 is 2.53 bits per heavy atom. The van der Waals surface area contributed by atoms with Crippen molar-refractivity contribution in [2.24, 2.45) is 5.92 Å². The molecule has 0 aromatic heterocycles. The number of amides is 1. The van der Waals surface area contributed by atoms with Gasteiger partial charge >= 0.3 is 0 Å². The average molecular weight is 283 g/mol. The largest absolute Gasteiger partial charge is 0.349 e. The van der Waals surface area contributed by atoms with Gasteiger partial charge < -0.3 is 10.6 Å². The van der Waals surface area contributed by atoms with Gasteiger partial charge in [-0.2, -0.15) is 0 Å². The van der Waals surface area contributed by atoms with E-state index in [1.807, 2.05) is 18.2 Å². The number of carbonyl (C=O) groups excluding carboxylic acids is 1. The monoisotopic (exact) mass is 282 g/mol. The fourth-order valence-corrected chi connectivity index (χ4v) is 2.48. The fraction of sp³-hybridized carbons (Fsp3) is 0.533. The molecule has 1 aliphatic rings. The highest BCUT2D eigenvalue weighted by Crippen LogP contribution is 2.19. The second-order valence-electron chi connectivity index (χ2n) is 4.90. The number of carbonyl (C=O) groups is 1. The minimum Gasteiger partial charge on any atom is -0.349 e. The number of nitrogens with one attached hydrogen (secondary N) is 2. The van der Waals surface area contributed by atoms with E-state index in [1.165, 1.54) is 5.56 Å². The van der Waals surface area contributed by atoms with E-state index in [1.54, 1.807) is 0 Å². The molecule has 0 bridgehead atoms. The van der Waals surface area contributed by atoms with Crippen LogP contribution in [0.3, 0.4) is 0 Å². The summed E-state index contributed by atoms with van der Waals surface area (Å²) in [5.74, 6) is 0.399. The first-order chi connectivity index (χ1) is 8.81. The SMILES string of the molecule is CCC(NC(=O)C1CCNCC1)c1ccccc1.Cl. The van der Waals surface area contributed by atoms with Crippen molar-refractivity contribution in [3.63, 3.8) is 0 Å². The van der Waals surface area contributed by atoms with Crippen molar-refractivity contribution in [1.82, 2.24) is 10.6 Å². The first-order valence-electron chi connectivity index (χ1n) is 6.87. The molecule has 1 unspecified atom stereocenters. The van der Waals surface area contributed by atoms with Crippen LogP contribution in [0.5, 0.6) is 0 Å². The van der Waals surface area contributed by atoms with E-state index in [2.05, 4.69) is 29.7 Å². The van der Waals surface area contributed by atoms with Crippen molar-refractivity contribution in [2.75, 3.05) is 13.1 Å². The van der Waals surface area contributed by atoms with E-state index >= 15 is 0 Å². The zero-order valence-corrected chi connectivity index (χ0v) is 12.2. The van der Waals surface area contributed by atoms with Crippen LogP contribution in [0.15, 0.2) is 30.3 Å². The minimum atomic E-state index is 0. The third-order valence-corrected chi connectivity index (χ3v) is 3.64. The Labute approximate surface area is 121 Å². The maximum absolute atomic E-state index is 12.2. The molecule has 0 radical (unpaired) electrons. The number of rotatable bonds is 4. The zero-order chi connectivity index (χ0) is 12.8. The van der Waals surface area contributed by atoms with E-state index in [4.69, 9.17) is 0 Å². The highest BCUT2D eigenvalue weighted by atomic mass is 35.5. The molecule has 1 aromatic rings. The van der Waals surface area contributed by atoms with Crippen LogP contribution in [0, 0.1) is 5.92 Å². The molecular formula is C15H23ClN2O. The summed E-state index contributed by atoms with van der Waals surface area (Å²) in [5.41, 5.74) is 1.20. The molecule has 1 fully saturated rings. The van der Waals surface area contributed by atoms with Crippen LogP contribution in [0.1, 0.15) is 37.8 Å². The highest BCUT2D eigenvalue weighted by molar-refractivity contribution is 5.85. The number of hydrogen-bond acceptors (Lipinski definition) is 2. The van der Waals surface area contributed by atoms with Gasteiger partial charge in [-0.3, -0.25) is 4.79 Å². The molecule has 4 heteroatoms. The molecule has 2 rings (SSSR count). The van der Waals surface area contributed by atoms with E-state index in [0.717, 1.165) is 32.4 Å². The molecule has 0 saturated carbocycles. The van der Waals surface area contributed by atoms with Gasteiger partial charge in [0.2, 0.25) is 5.91 Å². The summed E-state index contributed by atoms with van der Waals surface area (Å²) >= 11 is 0. The van der Waals surface area contributed by atoms with Gasteiger partial charge in [-0.25, -0.2) is 0 Å². The van der Waals surface area contributed by atoms with Gasteiger partial charge in [-0.15, -0.1) is 12.4 Å². The van der Waals surface area contributed by atoms with Gasteiger partial charge in [0.15, 0.2) is 0 Å². The van der Waals surface area contributed by atoms with Gasteiger partial charge in [0.25, 0.3) is 0 Å². The van der Waals surface area contributed by atoms with Crippen molar-refractivity contribution in [1.29, 1.82) is 0 Å². The molecule has 19 heavy (non-hydrogen) atoms. The first kappa shape index (κ1) is 16.0. The molecule has 0 spiro atoms. The smallest absolute Gasteiger partial charge is 0.223 e. The molecule has 2 N–H and O–H groups in total. The maximum Gasteiger partial charge on any atom is 0.223 e. The maximum atomic E-state index is 12.2. The second-order valence-corrected chi connectivity index (χ2v) is 4.90. The van der Waals surface area contributed by atoms with Crippen LogP contribution in [0.4, 0.5) is 0 Å². The van der Waals surface area contributed by atoms with Crippen molar-refractivity contribution in [3.05, 3.63) is 35.9 Å². The Hall–Kier alpha value is -1.06. The van der Waals surface area contributed by atoms with Crippen molar-refractivity contribution in [2.45, 2.75) is 32.2 Å². The highest BCUT2D eigenvalue weighted by Gasteiger charge is 2.23. The number of benzene rings is 1. The summed E-state index contributed by atoms with van der Waals surface area (Å²) in [6.07, 6.45) is 2.84. The summed E-state index contributed by atoms with van der Waals surface area (Å²) in [5, 5.41) is 6.47. The zero-order valence-electron chi connectivity index (χ0n) is 11.4. The van der Waals surface area contributed by atoms with Gasteiger partial charge in [-0.05, 0) is 37.9 Å². The van der Waals surface area contributed by atoms with Crippen LogP contribution < -0.4 is 10.6 Å². The van der Waals surface area contributed by atoms with Crippen LogP contribution in [-0.4, -0.2) is 19.0 Å². The van der Waals surface area contributed by atoms with E-state index < -0.39 is 0 Å². The lowest BCUT2D eigenvalue weighted by atomic mass is 9.96. The fourth-order valence-electron chi connectivity index (χ4n) is 2.48. The van der Waals surface area contributed by atoms with Gasteiger partial charge in [-0.1, -0.05) is 37.3 Å². The normalized spacial score (nSPS) is 17.3. The molecule has 1 atom stereocenters. The predicted molar refractivity (Wildman–Crippen MR) is 80.5 cm³/mol. The lowest BCUT2D eigenvalue weighted by Crippen LogP contribution is -2.39. The summed E-state index contributed by atoms with van der Waals surface area (Å²) < 4.78 is 0. The molecule has 1 heterocycles. The van der Waals surface area contributed by atoms with Gasteiger partial charge in [0.05, 0.1) is 6.04 Å². The molecular weight excluding hydrogens is 260 g/mol. The van der Waals surface area contributed by atoms with Gasteiger partial charge in [0, 0.05) is 5.92 Å². The Morgan fingerprint density at radius 2 is 1.95 bits per heavy atom. The third kappa shape index (κ3) is 4.51. The summed E-state index contributed by atoms with van der Waals surface area (Å²) in [4.78, 5) is 12.2. The van der Waals surface area contributed by atoms with Crippen LogP contribution in [-0.2, 0) is 4.79 Å². The molecule has 1 saturated heterocycles. The predicted octanol–water partition coefficient (Wildman–Crippen LogP) is 2.68. The summed E-state index contributed by atoms with van der Waals surface area (Å²) in [6.45, 7) is 4.03. The van der Waals surface area contributed by atoms with Crippen LogP contribution in [0.25, 0.3) is 0 Å². The third-order valence-electron chi connectivity index (χ3n) is 3.64. The van der Waals surface area contributed by atoms with Crippen molar-refractivity contribution >= 4 is 18.3 Å². The minimum absolute atomic E-state index is 0. The molecule has 0 aliphatic carbocycles. The standard InChI is InChI=1S/C15H22N2O.ClH/c1-2-14(12-6-4-3-5-7-12)17-15(18)13-8-10-16-11-9-13;/h3-7,13-14,16H,2,8-11H2,1H3,(H,17,18);1H. The lowest BCUT2D eigenvalue weighted by Gasteiger charge is -2.25. The summed E-state index contributed by atoms with van der Waals surface area (Å²) in [6, 6.07) is 10.4. The number of hydrogen-bond donors (Lipinski definition) is 2. The van der Waals surface area contributed by atoms with E-state index in [9.17, 15) is 4.79 Å². The Balaban J connectivity index is 0.00000180.